The molecule has 0 unspecified atom stereocenters. The second kappa shape index (κ2) is 14.6. The summed E-state index contributed by atoms with van der Waals surface area (Å²) in [6.45, 7) is 13.6. The van der Waals surface area contributed by atoms with Crippen LogP contribution >= 0.6 is 0 Å². The molecule has 1 aromatic heterocycles. The average Bonchev–Trinajstić information content (AvgIpc) is 3.69. The summed E-state index contributed by atoms with van der Waals surface area (Å²) in [5.74, 6) is 0. The fraction of sp³-hybridized carbons (Fsp3) is 0.133. The lowest BCUT2D eigenvalue weighted by molar-refractivity contribution is 0.590. The summed E-state index contributed by atoms with van der Waals surface area (Å²) in [6, 6.07) is 71.1. The molecule has 0 spiro atoms. The van der Waals surface area contributed by atoms with Crippen molar-refractivity contribution in [1.29, 1.82) is 0 Å². The lowest BCUT2D eigenvalue weighted by atomic mass is 9.87. The lowest BCUT2D eigenvalue weighted by Gasteiger charge is -2.28. The van der Waals surface area contributed by atoms with E-state index >= 15 is 0 Å². The lowest BCUT2D eigenvalue weighted by Crippen LogP contribution is -2.13. The van der Waals surface area contributed by atoms with Gasteiger partial charge in [-0.1, -0.05) is 163 Å². The van der Waals surface area contributed by atoms with Crippen molar-refractivity contribution in [1.82, 2.24) is 0 Å². The Kier molecular flexibility index (Phi) is 8.96. The normalized spacial score (nSPS) is 12.3. The fourth-order valence-corrected chi connectivity index (χ4v) is 9.59. The first kappa shape index (κ1) is 38.6. The molecule has 3 heteroatoms. The van der Waals surface area contributed by atoms with Crippen molar-refractivity contribution >= 4 is 99.2 Å². The molecular formula is C60H50N2O. The van der Waals surface area contributed by atoms with Crippen molar-refractivity contribution in [2.24, 2.45) is 0 Å². The Morgan fingerprint density at radius 1 is 0.333 bits per heavy atom. The van der Waals surface area contributed by atoms with Gasteiger partial charge in [-0.25, -0.2) is 0 Å². The van der Waals surface area contributed by atoms with Crippen molar-refractivity contribution in [2.45, 2.75) is 52.4 Å². The van der Waals surface area contributed by atoms with E-state index in [0.29, 0.717) is 0 Å². The van der Waals surface area contributed by atoms with E-state index in [9.17, 15) is 0 Å². The highest BCUT2D eigenvalue weighted by Gasteiger charge is 2.23. The Morgan fingerprint density at radius 2 is 0.762 bits per heavy atom. The molecule has 0 aliphatic rings. The first-order valence-corrected chi connectivity index (χ1v) is 22.1. The van der Waals surface area contributed by atoms with Crippen molar-refractivity contribution in [3.05, 3.63) is 205 Å². The zero-order valence-electron chi connectivity index (χ0n) is 36.8. The second-order valence-corrected chi connectivity index (χ2v) is 19.0. The van der Waals surface area contributed by atoms with Crippen LogP contribution in [0.25, 0.3) is 65.0 Å². The van der Waals surface area contributed by atoms with E-state index in [1.807, 2.05) is 0 Å². The molecular weight excluding hydrogens is 765 g/mol. The largest absolute Gasteiger partial charge is 0.455 e. The molecule has 0 amide bonds. The van der Waals surface area contributed by atoms with Crippen molar-refractivity contribution in [2.75, 3.05) is 9.80 Å². The molecule has 0 aliphatic carbocycles. The summed E-state index contributed by atoms with van der Waals surface area (Å²) in [5.41, 5.74) is 11.1. The topological polar surface area (TPSA) is 19.6 Å². The summed E-state index contributed by atoms with van der Waals surface area (Å²) >= 11 is 0. The number of hydrogen-bond acceptors (Lipinski definition) is 3. The standard InChI is InChI=1S/C60H50N2O/c1-59(2,3)41-25-29-43(30-26-41)61(54-23-13-17-39-15-7-9-19-47(39)54)45-33-35-51-53(37-45)49-21-11-12-22-50(49)57-52-36-34-46(38-56(52)63-58(51)57)62(44-31-27-42(28-32-44)60(4,5)6)55-24-14-18-40-16-8-10-20-48(40)55/h7-38H,1-6H3. The molecule has 3 nitrogen and oxygen atoms in total. The Hall–Kier alpha value is -7.36. The molecule has 0 saturated carbocycles. The molecule has 0 fully saturated rings. The quantitative estimate of drug-likeness (QED) is 0.156. The van der Waals surface area contributed by atoms with Gasteiger partial charge in [-0.3, -0.25) is 0 Å². The predicted molar refractivity (Wildman–Crippen MR) is 271 cm³/mol. The monoisotopic (exact) mass is 814 g/mol. The molecule has 0 radical (unpaired) electrons. The molecule has 306 valence electrons. The highest BCUT2D eigenvalue weighted by Crippen LogP contribution is 2.47. The highest BCUT2D eigenvalue weighted by molar-refractivity contribution is 6.30. The average molecular weight is 815 g/mol. The van der Waals surface area contributed by atoms with Gasteiger partial charge in [-0.2, -0.15) is 0 Å². The van der Waals surface area contributed by atoms with Crippen LogP contribution < -0.4 is 9.80 Å². The van der Waals surface area contributed by atoms with E-state index in [0.717, 1.165) is 66.8 Å². The third kappa shape index (κ3) is 6.58. The van der Waals surface area contributed by atoms with Gasteiger partial charge >= 0.3 is 0 Å². The zero-order valence-corrected chi connectivity index (χ0v) is 36.8. The highest BCUT2D eigenvalue weighted by atomic mass is 16.3. The third-order valence-electron chi connectivity index (χ3n) is 12.9. The summed E-state index contributed by atoms with van der Waals surface area (Å²) in [5, 5.41) is 11.7. The summed E-state index contributed by atoms with van der Waals surface area (Å²) in [6.07, 6.45) is 0. The second-order valence-electron chi connectivity index (χ2n) is 19.0. The minimum absolute atomic E-state index is 0.0498. The smallest absolute Gasteiger partial charge is 0.143 e. The van der Waals surface area contributed by atoms with E-state index in [4.69, 9.17) is 4.42 Å². The number of furan rings is 1. The molecule has 0 bridgehead atoms. The fourth-order valence-electron chi connectivity index (χ4n) is 9.59. The van der Waals surface area contributed by atoms with Gasteiger partial charge in [0.2, 0.25) is 0 Å². The molecule has 10 aromatic carbocycles. The summed E-state index contributed by atoms with van der Waals surface area (Å²) in [7, 11) is 0. The van der Waals surface area contributed by atoms with Crippen LogP contribution in [0.2, 0.25) is 0 Å². The van der Waals surface area contributed by atoms with E-state index in [1.54, 1.807) is 0 Å². The van der Waals surface area contributed by atoms with Gasteiger partial charge < -0.3 is 14.2 Å². The maximum absolute atomic E-state index is 7.12. The Labute approximate surface area is 369 Å². The first-order chi connectivity index (χ1) is 30.5. The van der Waals surface area contributed by atoms with Gasteiger partial charge in [0.15, 0.2) is 0 Å². The maximum Gasteiger partial charge on any atom is 0.143 e. The maximum atomic E-state index is 7.12. The molecule has 11 rings (SSSR count). The summed E-state index contributed by atoms with van der Waals surface area (Å²) in [4.78, 5) is 4.79. The third-order valence-corrected chi connectivity index (χ3v) is 12.9. The van der Waals surface area contributed by atoms with E-state index in [1.165, 1.54) is 43.4 Å². The van der Waals surface area contributed by atoms with E-state index in [2.05, 4.69) is 245 Å². The SMILES string of the molecule is CC(C)(C)c1ccc(N(c2ccc3c(c2)oc2c4ccc(N(c5ccc(C(C)(C)C)cc5)c5cccc6ccccc56)cc4c4ccccc4c32)c2cccc3ccccc23)cc1. The molecule has 0 N–H and O–H groups in total. The van der Waals surface area contributed by atoms with Crippen LogP contribution in [0.4, 0.5) is 34.1 Å². The van der Waals surface area contributed by atoms with Crippen LogP contribution in [0.15, 0.2) is 199 Å². The predicted octanol–water partition coefficient (Wildman–Crippen LogP) is 17.7. The minimum Gasteiger partial charge on any atom is -0.455 e. The van der Waals surface area contributed by atoms with E-state index < -0.39 is 0 Å². The molecule has 63 heavy (non-hydrogen) atoms. The van der Waals surface area contributed by atoms with Crippen molar-refractivity contribution in [3.8, 4) is 0 Å². The Balaban J connectivity index is 1.12. The zero-order chi connectivity index (χ0) is 43.0. The number of nitrogens with zero attached hydrogens (tertiary/aromatic N) is 2. The van der Waals surface area contributed by atoms with Gasteiger partial charge in [0.05, 0.1) is 11.4 Å². The minimum atomic E-state index is 0.0498. The number of benzene rings is 10. The van der Waals surface area contributed by atoms with Crippen LogP contribution in [0.5, 0.6) is 0 Å². The molecule has 1 heterocycles. The van der Waals surface area contributed by atoms with Gasteiger partial charge in [-0.15, -0.1) is 0 Å². The number of anilines is 6. The molecule has 0 atom stereocenters. The van der Waals surface area contributed by atoms with Crippen LogP contribution in [0, 0.1) is 0 Å². The number of fused-ring (bicyclic) bond motifs is 10. The van der Waals surface area contributed by atoms with Gasteiger partial charge in [0.1, 0.15) is 11.2 Å². The van der Waals surface area contributed by atoms with Gasteiger partial charge in [0, 0.05) is 55.7 Å². The van der Waals surface area contributed by atoms with E-state index in [-0.39, 0.29) is 10.8 Å². The van der Waals surface area contributed by atoms with Crippen LogP contribution in [0.1, 0.15) is 52.7 Å². The molecule has 0 aliphatic heterocycles. The van der Waals surface area contributed by atoms with Crippen LogP contribution in [-0.4, -0.2) is 0 Å². The van der Waals surface area contributed by atoms with Crippen LogP contribution in [-0.2, 0) is 10.8 Å². The van der Waals surface area contributed by atoms with Crippen molar-refractivity contribution < 1.29 is 4.42 Å². The van der Waals surface area contributed by atoms with Crippen LogP contribution in [0.3, 0.4) is 0 Å². The molecule has 0 saturated heterocycles. The van der Waals surface area contributed by atoms with Gasteiger partial charge in [0.25, 0.3) is 0 Å². The number of rotatable bonds is 6. The van der Waals surface area contributed by atoms with Crippen molar-refractivity contribution in [3.63, 3.8) is 0 Å². The number of hydrogen-bond donors (Lipinski definition) is 0. The van der Waals surface area contributed by atoms with Gasteiger partial charge in [-0.05, 0) is 116 Å². The summed E-state index contributed by atoms with van der Waals surface area (Å²) < 4.78 is 7.12. The Morgan fingerprint density at radius 3 is 1.29 bits per heavy atom. The Bertz CT molecular complexity index is 3520. The first-order valence-electron chi connectivity index (χ1n) is 22.1. The molecule has 11 aromatic rings.